The van der Waals surface area contributed by atoms with Crippen molar-refractivity contribution in [1.82, 2.24) is 9.97 Å². The maximum atomic E-state index is 13.2. The van der Waals surface area contributed by atoms with Crippen molar-refractivity contribution < 1.29 is 9.13 Å². The topological polar surface area (TPSA) is 122 Å². The average molecular weight is 353 g/mol. The monoisotopic (exact) mass is 353 g/mol. The number of rotatable bonds is 5. The Morgan fingerprint density at radius 3 is 2.65 bits per heavy atom. The van der Waals surface area contributed by atoms with E-state index in [2.05, 4.69) is 25.5 Å². The first-order valence-electron chi connectivity index (χ1n) is 7.63. The minimum atomic E-state index is -0.306. The second kappa shape index (κ2) is 7.51. The van der Waals surface area contributed by atoms with Crippen LogP contribution in [0.25, 0.3) is 22.0 Å². The number of nitrogens with two attached hydrogens (primary N) is 1. The van der Waals surface area contributed by atoms with Gasteiger partial charge in [-0.1, -0.05) is 12.1 Å². The number of ether oxygens (including phenoxy) is 1. The van der Waals surface area contributed by atoms with Crippen LogP contribution in [0, 0.1) is 11.3 Å². The van der Waals surface area contributed by atoms with E-state index in [1.165, 1.54) is 18.5 Å². The van der Waals surface area contributed by atoms with Gasteiger partial charge in [0.15, 0.2) is 5.84 Å². The fraction of sp³-hybridized carbons (Fsp3) is 0.118. The zero-order valence-corrected chi connectivity index (χ0v) is 13.9. The quantitative estimate of drug-likeness (QED) is 0.214. The summed E-state index contributed by atoms with van der Waals surface area (Å²) in [5.41, 5.74) is 9.27. The van der Waals surface area contributed by atoms with E-state index < -0.39 is 0 Å². The lowest BCUT2D eigenvalue weighted by molar-refractivity contribution is 0.419. The molecule has 0 fully saturated rings. The summed E-state index contributed by atoms with van der Waals surface area (Å²) < 4.78 is 18.7. The maximum absolute atomic E-state index is 13.2. The van der Waals surface area contributed by atoms with Gasteiger partial charge >= 0.3 is 0 Å². The molecule has 0 amide bonds. The third-order valence-corrected chi connectivity index (χ3v) is 3.79. The zero-order valence-electron chi connectivity index (χ0n) is 13.9. The Bertz CT molecular complexity index is 973. The lowest BCUT2D eigenvalue weighted by Crippen LogP contribution is -2.14. The van der Waals surface area contributed by atoms with Gasteiger partial charge in [0.25, 0.3) is 0 Å². The summed E-state index contributed by atoms with van der Waals surface area (Å²) in [5, 5.41) is 10.4. The van der Waals surface area contributed by atoms with Crippen molar-refractivity contribution in [3.63, 3.8) is 0 Å². The predicted molar refractivity (Wildman–Crippen MR) is 96.7 cm³/mol. The molecule has 132 valence electrons. The van der Waals surface area contributed by atoms with Gasteiger partial charge in [-0.25, -0.2) is 19.9 Å². The molecule has 0 aliphatic rings. The van der Waals surface area contributed by atoms with Crippen molar-refractivity contribution in [2.75, 3.05) is 19.0 Å². The van der Waals surface area contributed by atoms with E-state index >= 15 is 0 Å². The van der Waals surface area contributed by atoms with Crippen LogP contribution >= 0.6 is 0 Å². The molecule has 0 unspecified atom stereocenters. The third-order valence-electron chi connectivity index (χ3n) is 3.79. The standard InChI is InChI=1S/C17H16FN7O/c1-26-14-7-11(10-2-4-12(18)5-3-10)6-13-16(14)22-9-23-17(13)21-8-15(24-19)25-20/h2-7,9,19H,8,20H2,1H3,(H,21,22,23). The number of hydrogen-bond donors (Lipinski definition) is 3. The molecule has 4 N–H and O–H groups in total. The molecule has 0 bridgehead atoms. The van der Waals surface area contributed by atoms with Gasteiger partial charge < -0.3 is 15.9 Å². The summed E-state index contributed by atoms with van der Waals surface area (Å²) in [5.74, 6) is 6.06. The molecule has 2 aromatic carbocycles. The highest BCUT2D eigenvalue weighted by Crippen LogP contribution is 2.33. The van der Waals surface area contributed by atoms with E-state index in [4.69, 9.17) is 16.1 Å². The van der Waals surface area contributed by atoms with E-state index in [0.717, 1.165) is 11.1 Å². The van der Waals surface area contributed by atoms with Gasteiger partial charge in [0.05, 0.1) is 13.7 Å². The molecule has 0 saturated heterocycles. The molecule has 3 aromatic rings. The van der Waals surface area contributed by atoms with Crippen LogP contribution < -0.4 is 15.9 Å². The van der Waals surface area contributed by atoms with E-state index in [0.29, 0.717) is 22.5 Å². The molecule has 0 aliphatic carbocycles. The van der Waals surface area contributed by atoms with Crippen LogP contribution in [0.15, 0.2) is 52.9 Å². The van der Waals surface area contributed by atoms with Crippen molar-refractivity contribution in [1.29, 1.82) is 5.53 Å². The number of benzene rings is 2. The summed E-state index contributed by atoms with van der Waals surface area (Å²) in [7, 11) is 1.55. The van der Waals surface area contributed by atoms with Crippen LogP contribution in [0.2, 0.25) is 0 Å². The first-order valence-corrected chi connectivity index (χ1v) is 7.63. The van der Waals surface area contributed by atoms with Crippen molar-refractivity contribution in [2.24, 2.45) is 16.1 Å². The smallest absolute Gasteiger partial charge is 0.188 e. The largest absolute Gasteiger partial charge is 0.494 e. The molecular formula is C17H16FN7O. The van der Waals surface area contributed by atoms with Crippen molar-refractivity contribution in [2.45, 2.75) is 0 Å². The molecule has 1 aromatic heterocycles. The summed E-state index contributed by atoms with van der Waals surface area (Å²) in [6.45, 7) is 0.134. The van der Waals surface area contributed by atoms with Gasteiger partial charge in [-0.05, 0) is 35.4 Å². The Morgan fingerprint density at radius 2 is 2.00 bits per heavy atom. The van der Waals surface area contributed by atoms with Crippen molar-refractivity contribution in [3.05, 3.63) is 48.5 Å². The minimum absolute atomic E-state index is 0.124. The third kappa shape index (κ3) is 3.41. The first kappa shape index (κ1) is 17.2. The molecule has 0 aliphatic heterocycles. The second-order valence-corrected chi connectivity index (χ2v) is 5.31. The fourth-order valence-corrected chi connectivity index (χ4v) is 2.52. The molecule has 1 heterocycles. The van der Waals surface area contributed by atoms with E-state index in [1.807, 2.05) is 12.1 Å². The Labute approximate surface area is 148 Å². The van der Waals surface area contributed by atoms with E-state index in [1.54, 1.807) is 19.2 Å². The summed E-state index contributed by atoms with van der Waals surface area (Å²) in [4.78, 5) is 8.51. The fourth-order valence-electron chi connectivity index (χ4n) is 2.52. The lowest BCUT2D eigenvalue weighted by Gasteiger charge is -2.12. The number of amidine groups is 1. The normalized spacial score (nSPS) is 11.4. The van der Waals surface area contributed by atoms with E-state index in [-0.39, 0.29) is 18.2 Å². The van der Waals surface area contributed by atoms with E-state index in [9.17, 15) is 4.39 Å². The summed E-state index contributed by atoms with van der Waals surface area (Å²) in [6.07, 6.45) is 1.40. The number of methoxy groups -OCH3 is 1. The van der Waals surface area contributed by atoms with Gasteiger partial charge in [-0.2, -0.15) is 5.10 Å². The Hall–Kier alpha value is -3.62. The Kier molecular flexibility index (Phi) is 4.97. The summed E-state index contributed by atoms with van der Waals surface area (Å²) in [6, 6.07) is 9.87. The molecular weight excluding hydrogens is 337 g/mol. The molecule has 3 rings (SSSR count). The number of anilines is 1. The molecule has 8 nitrogen and oxygen atoms in total. The first-order chi connectivity index (χ1) is 12.7. The lowest BCUT2D eigenvalue weighted by atomic mass is 10.0. The van der Waals surface area contributed by atoms with Gasteiger partial charge in [-0.15, -0.1) is 5.11 Å². The number of nitrogens with one attached hydrogen (secondary N) is 2. The molecule has 9 heteroatoms. The van der Waals surface area contributed by atoms with Gasteiger partial charge in [-0.3, -0.25) is 0 Å². The highest BCUT2D eigenvalue weighted by Gasteiger charge is 2.12. The molecule has 26 heavy (non-hydrogen) atoms. The highest BCUT2D eigenvalue weighted by molar-refractivity contribution is 5.97. The Morgan fingerprint density at radius 1 is 1.23 bits per heavy atom. The van der Waals surface area contributed by atoms with Crippen LogP contribution in [0.1, 0.15) is 0 Å². The second-order valence-electron chi connectivity index (χ2n) is 5.31. The number of halogens is 1. The van der Waals surface area contributed by atoms with Gasteiger partial charge in [0.1, 0.15) is 29.2 Å². The molecule has 0 saturated carbocycles. The maximum Gasteiger partial charge on any atom is 0.188 e. The van der Waals surface area contributed by atoms with Crippen LogP contribution in [-0.2, 0) is 0 Å². The number of nitrogens with zero attached hydrogens (tertiary/aromatic N) is 4. The SMILES string of the molecule is COc1cc(-c2ccc(F)cc2)cc2c(NCC(N=N)=NN)ncnc12. The van der Waals surface area contributed by atoms with Crippen LogP contribution in [-0.4, -0.2) is 29.5 Å². The number of hydrogen-bond acceptors (Lipinski definition) is 7. The number of fused-ring (bicyclic) bond motifs is 1. The van der Waals surface area contributed by atoms with Crippen molar-refractivity contribution >= 4 is 22.6 Å². The average Bonchev–Trinajstić information content (AvgIpc) is 2.68. The highest BCUT2D eigenvalue weighted by atomic mass is 19.1. The van der Waals surface area contributed by atoms with Crippen LogP contribution in [0.3, 0.4) is 0 Å². The molecule has 0 radical (unpaired) electrons. The minimum Gasteiger partial charge on any atom is -0.494 e. The zero-order chi connectivity index (χ0) is 18.5. The predicted octanol–water partition coefficient (Wildman–Crippen LogP) is 3.16. The van der Waals surface area contributed by atoms with Gasteiger partial charge in [0, 0.05) is 5.39 Å². The van der Waals surface area contributed by atoms with Gasteiger partial charge in [0.2, 0.25) is 0 Å². The summed E-state index contributed by atoms with van der Waals surface area (Å²) >= 11 is 0. The van der Waals surface area contributed by atoms with Crippen LogP contribution in [0.5, 0.6) is 5.75 Å². The number of hydrazone groups is 1. The van der Waals surface area contributed by atoms with Crippen LogP contribution in [0.4, 0.5) is 10.2 Å². The Balaban J connectivity index is 2.10. The molecule has 0 atom stereocenters. The number of aromatic nitrogens is 2. The molecule has 0 spiro atoms. The van der Waals surface area contributed by atoms with Crippen molar-refractivity contribution in [3.8, 4) is 16.9 Å².